The molecule has 1 aromatic heterocycles. The lowest BCUT2D eigenvalue weighted by Crippen LogP contribution is -2.33. The van der Waals surface area contributed by atoms with E-state index in [2.05, 4.69) is 37.2 Å². The van der Waals surface area contributed by atoms with Gasteiger partial charge in [-0.1, -0.05) is 31.4 Å². The standard InChI is InChI=1S/C21H31N5O2/c1-27-19-10-5-7-17(13-19)14-25(15-20-11-6-12-28-20)16-21-22-23-24-26(21)18-8-3-2-4-9-18/h5,7,10,13,18,20H,2-4,6,8-9,11-12,14-16H2,1H3. The van der Waals surface area contributed by atoms with Crippen LogP contribution in [0, 0.1) is 0 Å². The van der Waals surface area contributed by atoms with E-state index in [-0.39, 0.29) is 0 Å². The zero-order chi connectivity index (χ0) is 19.2. The summed E-state index contributed by atoms with van der Waals surface area (Å²) in [6.45, 7) is 3.33. The van der Waals surface area contributed by atoms with Crippen LogP contribution in [0.5, 0.6) is 5.75 Å². The molecule has 2 aromatic rings. The molecule has 0 radical (unpaired) electrons. The summed E-state index contributed by atoms with van der Waals surface area (Å²) in [5, 5.41) is 12.7. The zero-order valence-corrected chi connectivity index (χ0v) is 16.8. The molecule has 1 aromatic carbocycles. The molecule has 152 valence electrons. The van der Waals surface area contributed by atoms with Crippen molar-refractivity contribution in [2.75, 3.05) is 20.3 Å². The quantitative estimate of drug-likeness (QED) is 0.694. The van der Waals surface area contributed by atoms with Gasteiger partial charge in [-0.3, -0.25) is 4.90 Å². The molecule has 0 bridgehead atoms. The van der Waals surface area contributed by atoms with E-state index < -0.39 is 0 Å². The number of aromatic nitrogens is 4. The molecule has 1 saturated carbocycles. The molecule has 2 aliphatic rings. The minimum Gasteiger partial charge on any atom is -0.497 e. The minimum absolute atomic E-state index is 0.296. The first-order valence-electron chi connectivity index (χ1n) is 10.6. The Morgan fingerprint density at radius 1 is 1.14 bits per heavy atom. The molecule has 2 fully saturated rings. The van der Waals surface area contributed by atoms with Crippen molar-refractivity contribution in [2.24, 2.45) is 0 Å². The summed E-state index contributed by atoms with van der Waals surface area (Å²) < 4.78 is 13.4. The molecule has 1 unspecified atom stereocenters. The van der Waals surface area contributed by atoms with E-state index in [4.69, 9.17) is 9.47 Å². The lowest BCUT2D eigenvalue weighted by Gasteiger charge is -2.27. The third kappa shape index (κ3) is 4.89. The Hall–Kier alpha value is -1.99. The number of methoxy groups -OCH3 is 1. The van der Waals surface area contributed by atoms with Gasteiger partial charge < -0.3 is 9.47 Å². The second-order valence-electron chi connectivity index (χ2n) is 7.99. The van der Waals surface area contributed by atoms with Gasteiger partial charge in [-0.2, -0.15) is 0 Å². The Kier molecular flexibility index (Phi) is 6.54. The van der Waals surface area contributed by atoms with Gasteiger partial charge in [0.15, 0.2) is 5.82 Å². The molecule has 1 aliphatic heterocycles. The monoisotopic (exact) mass is 385 g/mol. The number of tetrazole rings is 1. The number of hydrogen-bond acceptors (Lipinski definition) is 6. The topological polar surface area (TPSA) is 65.3 Å². The van der Waals surface area contributed by atoms with Gasteiger partial charge in [-0.15, -0.1) is 5.10 Å². The molecular formula is C21H31N5O2. The minimum atomic E-state index is 0.296. The highest BCUT2D eigenvalue weighted by Gasteiger charge is 2.24. The number of benzene rings is 1. The SMILES string of the molecule is COc1cccc(CN(Cc2nnnn2C2CCCCC2)CC2CCCO2)c1. The van der Waals surface area contributed by atoms with E-state index in [0.717, 1.165) is 50.7 Å². The van der Waals surface area contributed by atoms with Crippen LogP contribution in [0.3, 0.4) is 0 Å². The highest BCUT2D eigenvalue weighted by Crippen LogP contribution is 2.28. The van der Waals surface area contributed by atoms with Gasteiger partial charge in [0.1, 0.15) is 5.75 Å². The Balaban J connectivity index is 1.49. The van der Waals surface area contributed by atoms with Crippen molar-refractivity contribution in [3.05, 3.63) is 35.7 Å². The summed E-state index contributed by atoms with van der Waals surface area (Å²) in [7, 11) is 1.71. The highest BCUT2D eigenvalue weighted by molar-refractivity contribution is 5.28. The van der Waals surface area contributed by atoms with E-state index in [1.54, 1.807) is 7.11 Å². The first-order valence-corrected chi connectivity index (χ1v) is 10.6. The summed E-state index contributed by atoms with van der Waals surface area (Å²) >= 11 is 0. The maximum atomic E-state index is 5.91. The molecular weight excluding hydrogens is 354 g/mol. The second-order valence-corrected chi connectivity index (χ2v) is 7.99. The normalized spacial score (nSPS) is 20.7. The van der Waals surface area contributed by atoms with E-state index >= 15 is 0 Å². The van der Waals surface area contributed by atoms with Gasteiger partial charge in [0.25, 0.3) is 0 Å². The fourth-order valence-electron chi connectivity index (χ4n) is 4.42. The number of hydrogen-bond donors (Lipinski definition) is 0. The van der Waals surface area contributed by atoms with E-state index in [1.165, 1.54) is 37.7 Å². The number of nitrogens with zero attached hydrogens (tertiary/aromatic N) is 5. The number of rotatable bonds is 8. The Bertz CT molecular complexity index is 738. The van der Waals surface area contributed by atoms with Crippen LogP contribution in [0.25, 0.3) is 0 Å². The van der Waals surface area contributed by atoms with Crippen LogP contribution in [0.2, 0.25) is 0 Å². The van der Waals surface area contributed by atoms with Gasteiger partial charge in [-0.25, -0.2) is 4.68 Å². The Morgan fingerprint density at radius 2 is 2.04 bits per heavy atom. The summed E-state index contributed by atoms with van der Waals surface area (Å²) in [4.78, 5) is 2.41. The zero-order valence-electron chi connectivity index (χ0n) is 16.8. The average Bonchev–Trinajstić information content (AvgIpc) is 3.41. The molecule has 1 aliphatic carbocycles. The summed E-state index contributed by atoms with van der Waals surface area (Å²) in [6, 6.07) is 8.73. The third-order valence-electron chi connectivity index (χ3n) is 5.87. The molecule has 28 heavy (non-hydrogen) atoms. The van der Waals surface area contributed by atoms with Gasteiger partial charge in [0, 0.05) is 19.7 Å². The number of ether oxygens (including phenoxy) is 2. The summed E-state index contributed by atoms with van der Waals surface area (Å²) in [5.74, 6) is 1.86. The van der Waals surface area contributed by atoms with Crippen LogP contribution in [0.15, 0.2) is 24.3 Å². The molecule has 0 spiro atoms. The Morgan fingerprint density at radius 3 is 2.82 bits per heavy atom. The summed E-state index contributed by atoms with van der Waals surface area (Å²) in [5.41, 5.74) is 1.23. The van der Waals surface area contributed by atoms with Crippen molar-refractivity contribution in [3.63, 3.8) is 0 Å². The lowest BCUT2D eigenvalue weighted by molar-refractivity contribution is 0.0660. The van der Waals surface area contributed by atoms with Gasteiger partial charge >= 0.3 is 0 Å². The van der Waals surface area contributed by atoms with Crippen molar-refractivity contribution in [2.45, 2.75) is 70.2 Å². The van der Waals surface area contributed by atoms with E-state index in [9.17, 15) is 0 Å². The Labute approximate surface area is 167 Å². The van der Waals surface area contributed by atoms with Crippen LogP contribution in [-0.2, 0) is 17.8 Å². The van der Waals surface area contributed by atoms with Gasteiger partial charge in [0.05, 0.1) is 25.8 Å². The van der Waals surface area contributed by atoms with E-state index in [0.29, 0.717) is 12.1 Å². The van der Waals surface area contributed by atoms with Crippen molar-refractivity contribution in [1.29, 1.82) is 0 Å². The molecule has 0 N–H and O–H groups in total. The predicted molar refractivity (Wildman–Crippen MR) is 106 cm³/mol. The maximum absolute atomic E-state index is 5.91. The van der Waals surface area contributed by atoms with Crippen molar-refractivity contribution >= 4 is 0 Å². The van der Waals surface area contributed by atoms with Crippen LogP contribution in [0.4, 0.5) is 0 Å². The highest BCUT2D eigenvalue weighted by atomic mass is 16.5. The summed E-state index contributed by atoms with van der Waals surface area (Å²) in [6.07, 6.45) is 8.80. The fourth-order valence-corrected chi connectivity index (χ4v) is 4.42. The van der Waals surface area contributed by atoms with Crippen LogP contribution >= 0.6 is 0 Å². The fraction of sp³-hybridized carbons (Fsp3) is 0.667. The van der Waals surface area contributed by atoms with Crippen molar-refractivity contribution in [3.8, 4) is 5.75 Å². The molecule has 7 nitrogen and oxygen atoms in total. The lowest BCUT2D eigenvalue weighted by atomic mass is 9.95. The van der Waals surface area contributed by atoms with Gasteiger partial charge in [0.2, 0.25) is 0 Å². The average molecular weight is 386 g/mol. The molecule has 7 heteroatoms. The first kappa shape index (κ1) is 19.3. The largest absolute Gasteiger partial charge is 0.497 e. The van der Waals surface area contributed by atoms with E-state index in [1.807, 2.05) is 12.1 Å². The van der Waals surface area contributed by atoms with Crippen molar-refractivity contribution < 1.29 is 9.47 Å². The van der Waals surface area contributed by atoms with Crippen molar-refractivity contribution in [1.82, 2.24) is 25.1 Å². The van der Waals surface area contributed by atoms with Crippen LogP contribution in [0.1, 0.15) is 62.4 Å². The molecule has 1 saturated heterocycles. The second kappa shape index (κ2) is 9.47. The molecule has 2 heterocycles. The van der Waals surface area contributed by atoms with Crippen LogP contribution in [-0.4, -0.2) is 51.5 Å². The smallest absolute Gasteiger partial charge is 0.165 e. The first-order chi connectivity index (χ1) is 13.8. The molecule has 0 amide bonds. The van der Waals surface area contributed by atoms with Crippen LogP contribution < -0.4 is 4.74 Å². The van der Waals surface area contributed by atoms with Gasteiger partial charge in [-0.05, 0) is 53.8 Å². The molecule has 4 rings (SSSR count). The maximum Gasteiger partial charge on any atom is 0.165 e. The molecule has 1 atom stereocenters. The predicted octanol–water partition coefficient (Wildman–Crippen LogP) is 3.37. The third-order valence-corrected chi connectivity index (χ3v) is 5.87.